The molecule has 120 valence electrons. The largest absolute Gasteiger partial charge is 0.330 e. The van der Waals surface area contributed by atoms with Gasteiger partial charge in [-0.25, -0.2) is 9.78 Å². The van der Waals surface area contributed by atoms with E-state index in [1.807, 2.05) is 31.2 Å². The molecule has 3 aromatic heterocycles. The van der Waals surface area contributed by atoms with E-state index in [1.54, 1.807) is 22.4 Å². The Balaban J connectivity index is 2.21. The highest BCUT2D eigenvalue weighted by Gasteiger charge is 2.19. The summed E-state index contributed by atoms with van der Waals surface area (Å²) in [5.41, 5.74) is 4.26. The average Bonchev–Trinajstić information content (AvgIpc) is 2.71. The maximum Gasteiger partial charge on any atom is 0.330 e. The Hall–Kier alpha value is -2.43. The van der Waals surface area contributed by atoms with Crippen molar-refractivity contribution in [2.24, 2.45) is 12.5 Å². The quantitative estimate of drug-likeness (QED) is 0.730. The maximum absolute atomic E-state index is 12.6. The van der Waals surface area contributed by atoms with Crippen molar-refractivity contribution < 1.29 is 0 Å². The van der Waals surface area contributed by atoms with Crippen molar-refractivity contribution in [3.63, 3.8) is 0 Å². The number of hydrogen-bond donors (Lipinski definition) is 0. The van der Waals surface area contributed by atoms with Gasteiger partial charge in [-0.3, -0.25) is 14.1 Å². The third-order valence-corrected chi connectivity index (χ3v) is 3.87. The van der Waals surface area contributed by atoms with Crippen molar-refractivity contribution in [3.8, 4) is 11.4 Å². The van der Waals surface area contributed by atoms with Crippen LogP contribution < -0.4 is 5.69 Å². The zero-order valence-electron chi connectivity index (χ0n) is 14.3. The summed E-state index contributed by atoms with van der Waals surface area (Å²) < 4.78 is 3.42. The van der Waals surface area contributed by atoms with Gasteiger partial charge in [0.25, 0.3) is 0 Å². The molecule has 5 heteroatoms. The second-order valence-electron chi connectivity index (χ2n) is 7.20. The van der Waals surface area contributed by atoms with Gasteiger partial charge in [0.15, 0.2) is 5.65 Å². The van der Waals surface area contributed by atoms with Crippen LogP contribution in [-0.4, -0.2) is 19.1 Å². The SMILES string of the molecule is Cc1cccnc1-c1ccc2c(n1)n(C)c(=O)n2CC(C)(C)C. The van der Waals surface area contributed by atoms with Gasteiger partial charge in [-0.2, -0.15) is 0 Å². The van der Waals surface area contributed by atoms with E-state index in [9.17, 15) is 4.79 Å². The summed E-state index contributed by atoms with van der Waals surface area (Å²) in [7, 11) is 1.77. The minimum Gasteiger partial charge on any atom is -0.290 e. The predicted octanol–water partition coefficient (Wildman–Crippen LogP) is 3.15. The first-order chi connectivity index (χ1) is 10.8. The van der Waals surface area contributed by atoms with Crippen LogP contribution in [0.2, 0.25) is 0 Å². The van der Waals surface area contributed by atoms with E-state index in [0.717, 1.165) is 22.5 Å². The number of nitrogens with zero attached hydrogens (tertiary/aromatic N) is 4. The van der Waals surface area contributed by atoms with Crippen LogP contribution >= 0.6 is 0 Å². The normalized spacial score (nSPS) is 12.0. The summed E-state index contributed by atoms with van der Waals surface area (Å²) in [5, 5.41) is 0. The van der Waals surface area contributed by atoms with Crippen LogP contribution in [-0.2, 0) is 13.6 Å². The third kappa shape index (κ3) is 2.79. The number of aryl methyl sites for hydroxylation is 2. The van der Waals surface area contributed by atoms with Gasteiger partial charge in [0.1, 0.15) is 0 Å². The molecule has 0 atom stereocenters. The lowest BCUT2D eigenvalue weighted by Gasteiger charge is -2.18. The molecule has 5 nitrogen and oxygen atoms in total. The van der Waals surface area contributed by atoms with Crippen molar-refractivity contribution in [2.45, 2.75) is 34.2 Å². The zero-order valence-corrected chi connectivity index (χ0v) is 14.3. The lowest BCUT2D eigenvalue weighted by Crippen LogP contribution is -2.27. The minimum absolute atomic E-state index is 0.0222. The van der Waals surface area contributed by atoms with E-state index in [4.69, 9.17) is 4.98 Å². The predicted molar refractivity (Wildman–Crippen MR) is 92.4 cm³/mol. The standard InChI is InChI=1S/C18H22N4O/c1-12-7-6-10-19-15(12)13-8-9-14-16(20-13)21(5)17(23)22(14)11-18(2,3)4/h6-10H,11H2,1-5H3. The molecule has 0 unspecified atom stereocenters. The molecular formula is C18H22N4O. The minimum atomic E-state index is -0.0303. The topological polar surface area (TPSA) is 52.7 Å². The van der Waals surface area contributed by atoms with E-state index < -0.39 is 0 Å². The van der Waals surface area contributed by atoms with Gasteiger partial charge >= 0.3 is 5.69 Å². The molecule has 0 aliphatic rings. The Labute approximate surface area is 135 Å². The van der Waals surface area contributed by atoms with Crippen molar-refractivity contribution in [1.82, 2.24) is 19.1 Å². The Bertz CT molecular complexity index is 928. The molecule has 0 saturated carbocycles. The van der Waals surface area contributed by atoms with E-state index >= 15 is 0 Å². The third-order valence-electron chi connectivity index (χ3n) is 3.87. The summed E-state index contributed by atoms with van der Waals surface area (Å²) in [4.78, 5) is 21.7. The first kappa shape index (κ1) is 15.5. The van der Waals surface area contributed by atoms with Gasteiger partial charge in [-0.15, -0.1) is 0 Å². The molecule has 0 N–H and O–H groups in total. The Morgan fingerprint density at radius 3 is 2.57 bits per heavy atom. The molecule has 0 radical (unpaired) electrons. The molecule has 3 aromatic rings. The van der Waals surface area contributed by atoms with E-state index in [1.165, 1.54) is 0 Å². The van der Waals surface area contributed by atoms with Crippen molar-refractivity contribution in [1.29, 1.82) is 0 Å². The summed E-state index contributed by atoms with van der Waals surface area (Å²) in [6, 6.07) is 7.83. The van der Waals surface area contributed by atoms with Crippen LogP contribution in [0.15, 0.2) is 35.3 Å². The number of imidazole rings is 1. The molecule has 0 aromatic carbocycles. The Morgan fingerprint density at radius 2 is 1.91 bits per heavy atom. The van der Waals surface area contributed by atoms with Gasteiger partial charge in [-0.1, -0.05) is 26.8 Å². The molecule has 3 heterocycles. The summed E-state index contributed by atoms with van der Waals surface area (Å²) in [6.45, 7) is 9.04. The number of aromatic nitrogens is 4. The molecule has 0 bridgehead atoms. The van der Waals surface area contributed by atoms with Crippen LogP contribution in [0.4, 0.5) is 0 Å². The number of fused-ring (bicyclic) bond motifs is 1. The molecule has 3 rings (SSSR count). The summed E-state index contributed by atoms with van der Waals surface area (Å²) in [5.74, 6) is 0. The van der Waals surface area contributed by atoms with Gasteiger partial charge in [0, 0.05) is 19.8 Å². The number of hydrogen-bond acceptors (Lipinski definition) is 3. The second-order valence-corrected chi connectivity index (χ2v) is 7.20. The molecule has 0 aliphatic carbocycles. The van der Waals surface area contributed by atoms with Crippen LogP contribution in [0.1, 0.15) is 26.3 Å². The van der Waals surface area contributed by atoms with Crippen molar-refractivity contribution >= 4 is 11.2 Å². The highest BCUT2D eigenvalue weighted by molar-refractivity contribution is 5.76. The van der Waals surface area contributed by atoms with Crippen LogP contribution in [0.25, 0.3) is 22.6 Å². The fraction of sp³-hybridized carbons (Fsp3) is 0.389. The van der Waals surface area contributed by atoms with Gasteiger partial charge in [0.2, 0.25) is 0 Å². The van der Waals surface area contributed by atoms with Crippen molar-refractivity contribution in [2.75, 3.05) is 0 Å². The molecule has 0 amide bonds. The molecular weight excluding hydrogens is 288 g/mol. The Kier molecular flexibility index (Phi) is 3.59. The first-order valence-electron chi connectivity index (χ1n) is 7.76. The average molecular weight is 310 g/mol. The maximum atomic E-state index is 12.6. The second kappa shape index (κ2) is 5.33. The van der Waals surface area contributed by atoms with Crippen LogP contribution in [0.3, 0.4) is 0 Å². The van der Waals surface area contributed by atoms with Crippen molar-refractivity contribution in [3.05, 3.63) is 46.5 Å². The van der Waals surface area contributed by atoms with Crippen LogP contribution in [0.5, 0.6) is 0 Å². The van der Waals surface area contributed by atoms with Gasteiger partial charge in [-0.05, 0) is 36.1 Å². The molecule has 0 fully saturated rings. The Morgan fingerprint density at radius 1 is 1.17 bits per heavy atom. The van der Waals surface area contributed by atoms with E-state index in [-0.39, 0.29) is 11.1 Å². The monoisotopic (exact) mass is 310 g/mol. The highest BCUT2D eigenvalue weighted by Crippen LogP contribution is 2.23. The lowest BCUT2D eigenvalue weighted by atomic mass is 9.97. The van der Waals surface area contributed by atoms with E-state index in [0.29, 0.717) is 12.2 Å². The molecule has 0 spiro atoms. The zero-order chi connectivity index (χ0) is 16.8. The molecule has 0 aliphatic heterocycles. The molecule has 0 saturated heterocycles. The molecule has 23 heavy (non-hydrogen) atoms. The number of pyridine rings is 2. The highest BCUT2D eigenvalue weighted by atomic mass is 16.1. The fourth-order valence-corrected chi connectivity index (χ4v) is 2.79. The van der Waals surface area contributed by atoms with Gasteiger partial charge < -0.3 is 0 Å². The van der Waals surface area contributed by atoms with Crippen LogP contribution in [0, 0.1) is 12.3 Å². The van der Waals surface area contributed by atoms with Gasteiger partial charge in [0.05, 0.1) is 16.9 Å². The number of rotatable bonds is 2. The summed E-state index contributed by atoms with van der Waals surface area (Å²) in [6.07, 6.45) is 1.76. The van der Waals surface area contributed by atoms with E-state index in [2.05, 4.69) is 25.8 Å². The lowest BCUT2D eigenvalue weighted by molar-refractivity contribution is 0.342. The first-order valence-corrected chi connectivity index (χ1v) is 7.76. The fourth-order valence-electron chi connectivity index (χ4n) is 2.79. The smallest absolute Gasteiger partial charge is 0.290 e. The summed E-state index contributed by atoms with van der Waals surface area (Å²) >= 11 is 0.